The summed E-state index contributed by atoms with van der Waals surface area (Å²) in [5.41, 5.74) is 5.66. The Morgan fingerprint density at radius 2 is 2.07 bits per heavy atom. The number of rotatable bonds is 5. The van der Waals surface area contributed by atoms with Crippen molar-refractivity contribution in [2.75, 3.05) is 6.54 Å². The average molecular weight is 211 g/mol. The van der Waals surface area contributed by atoms with Crippen molar-refractivity contribution in [2.45, 2.75) is 33.3 Å². The number of hydrogen-bond acceptors (Lipinski definition) is 3. The van der Waals surface area contributed by atoms with Gasteiger partial charge in [-0.25, -0.2) is 0 Å². The first-order valence-corrected chi connectivity index (χ1v) is 5.49. The van der Waals surface area contributed by atoms with Crippen LogP contribution in [0.25, 0.3) is 0 Å². The van der Waals surface area contributed by atoms with E-state index in [2.05, 4.69) is 13.8 Å². The standard InChI is InChI=1S/C12H21NO2/c1-8(2)6-10(7-13)12(14)11-5-4-9(3)15-11/h4-5,8,10,12,14H,6-7,13H2,1-3H3. The molecule has 0 aliphatic heterocycles. The van der Waals surface area contributed by atoms with Gasteiger partial charge in [-0.1, -0.05) is 13.8 Å². The second-order valence-corrected chi connectivity index (χ2v) is 4.52. The van der Waals surface area contributed by atoms with Gasteiger partial charge >= 0.3 is 0 Å². The molecule has 1 aromatic heterocycles. The van der Waals surface area contributed by atoms with E-state index in [4.69, 9.17) is 10.2 Å². The highest BCUT2D eigenvalue weighted by Crippen LogP contribution is 2.27. The molecule has 0 bridgehead atoms. The summed E-state index contributed by atoms with van der Waals surface area (Å²) in [6.45, 7) is 6.61. The fourth-order valence-corrected chi connectivity index (χ4v) is 1.80. The maximum Gasteiger partial charge on any atom is 0.132 e. The average Bonchev–Trinajstić information content (AvgIpc) is 2.60. The summed E-state index contributed by atoms with van der Waals surface area (Å²) in [4.78, 5) is 0. The summed E-state index contributed by atoms with van der Waals surface area (Å²) < 4.78 is 5.40. The van der Waals surface area contributed by atoms with Crippen LogP contribution in [0.4, 0.5) is 0 Å². The van der Waals surface area contributed by atoms with Crippen LogP contribution in [0, 0.1) is 18.8 Å². The van der Waals surface area contributed by atoms with E-state index in [9.17, 15) is 5.11 Å². The number of nitrogens with two attached hydrogens (primary N) is 1. The molecule has 1 aromatic rings. The van der Waals surface area contributed by atoms with Crippen LogP contribution in [0.2, 0.25) is 0 Å². The molecular formula is C12H21NO2. The highest BCUT2D eigenvalue weighted by Gasteiger charge is 2.23. The Bertz CT molecular complexity index is 294. The van der Waals surface area contributed by atoms with Gasteiger partial charge in [0.1, 0.15) is 17.6 Å². The van der Waals surface area contributed by atoms with Crippen molar-refractivity contribution in [2.24, 2.45) is 17.6 Å². The van der Waals surface area contributed by atoms with Crippen molar-refractivity contribution in [3.63, 3.8) is 0 Å². The fraction of sp³-hybridized carbons (Fsp3) is 0.667. The number of aliphatic hydroxyl groups is 1. The molecule has 0 saturated heterocycles. The van der Waals surface area contributed by atoms with Gasteiger partial charge in [0.25, 0.3) is 0 Å². The summed E-state index contributed by atoms with van der Waals surface area (Å²) in [7, 11) is 0. The van der Waals surface area contributed by atoms with E-state index in [-0.39, 0.29) is 5.92 Å². The van der Waals surface area contributed by atoms with E-state index >= 15 is 0 Å². The third-order valence-electron chi connectivity index (χ3n) is 2.58. The lowest BCUT2D eigenvalue weighted by Crippen LogP contribution is -2.23. The van der Waals surface area contributed by atoms with Crippen LogP contribution in [0.5, 0.6) is 0 Å². The van der Waals surface area contributed by atoms with Gasteiger partial charge in [0, 0.05) is 5.92 Å². The van der Waals surface area contributed by atoms with Crippen molar-refractivity contribution >= 4 is 0 Å². The molecular weight excluding hydrogens is 190 g/mol. The van der Waals surface area contributed by atoms with E-state index in [1.165, 1.54) is 0 Å². The smallest absolute Gasteiger partial charge is 0.132 e. The third kappa shape index (κ3) is 3.36. The molecule has 0 fully saturated rings. The zero-order chi connectivity index (χ0) is 11.4. The van der Waals surface area contributed by atoms with Gasteiger partial charge in [0.05, 0.1) is 0 Å². The molecule has 86 valence electrons. The van der Waals surface area contributed by atoms with Crippen LogP contribution in [0.1, 0.15) is 37.9 Å². The molecule has 3 heteroatoms. The van der Waals surface area contributed by atoms with Gasteiger partial charge in [-0.2, -0.15) is 0 Å². The first-order chi connectivity index (χ1) is 7.04. The van der Waals surface area contributed by atoms with Crippen LogP contribution in [-0.4, -0.2) is 11.7 Å². The Morgan fingerprint density at radius 3 is 2.47 bits per heavy atom. The van der Waals surface area contributed by atoms with Crippen LogP contribution in [0.3, 0.4) is 0 Å². The quantitative estimate of drug-likeness (QED) is 0.785. The van der Waals surface area contributed by atoms with Crippen molar-refractivity contribution in [3.8, 4) is 0 Å². The van der Waals surface area contributed by atoms with E-state index in [0.717, 1.165) is 12.2 Å². The molecule has 2 unspecified atom stereocenters. The van der Waals surface area contributed by atoms with E-state index in [0.29, 0.717) is 18.2 Å². The van der Waals surface area contributed by atoms with Gasteiger partial charge in [0.2, 0.25) is 0 Å². The Hall–Kier alpha value is -0.800. The highest BCUT2D eigenvalue weighted by molar-refractivity contribution is 5.09. The third-order valence-corrected chi connectivity index (χ3v) is 2.58. The van der Waals surface area contributed by atoms with Gasteiger partial charge in [-0.3, -0.25) is 0 Å². The Morgan fingerprint density at radius 1 is 1.40 bits per heavy atom. The largest absolute Gasteiger partial charge is 0.464 e. The lowest BCUT2D eigenvalue weighted by molar-refractivity contribution is 0.0776. The van der Waals surface area contributed by atoms with Crippen molar-refractivity contribution < 1.29 is 9.52 Å². The Labute approximate surface area is 91.3 Å². The minimum Gasteiger partial charge on any atom is -0.464 e. The first-order valence-electron chi connectivity index (χ1n) is 5.49. The minimum absolute atomic E-state index is 0.0792. The molecule has 0 spiro atoms. The van der Waals surface area contributed by atoms with Crippen molar-refractivity contribution in [3.05, 3.63) is 23.7 Å². The molecule has 0 aliphatic carbocycles. The first kappa shape index (κ1) is 12.3. The summed E-state index contributed by atoms with van der Waals surface area (Å²) in [5.74, 6) is 2.06. The molecule has 1 heterocycles. The zero-order valence-corrected chi connectivity index (χ0v) is 9.73. The van der Waals surface area contributed by atoms with Crippen LogP contribution in [-0.2, 0) is 0 Å². The second kappa shape index (κ2) is 5.33. The zero-order valence-electron chi connectivity index (χ0n) is 9.73. The van der Waals surface area contributed by atoms with Gasteiger partial charge in [-0.05, 0) is 37.9 Å². The SMILES string of the molecule is Cc1ccc(C(O)C(CN)CC(C)C)o1. The summed E-state index contributed by atoms with van der Waals surface area (Å²) in [6.07, 6.45) is 0.336. The molecule has 0 aromatic carbocycles. The molecule has 3 nitrogen and oxygen atoms in total. The number of hydrogen-bond donors (Lipinski definition) is 2. The maximum atomic E-state index is 10.1. The second-order valence-electron chi connectivity index (χ2n) is 4.52. The summed E-state index contributed by atoms with van der Waals surface area (Å²) in [5, 5.41) is 10.1. The molecule has 2 atom stereocenters. The van der Waals surface area contributed by atoms with Gasteiger partial charge in [-0.15, -0.1) is 0 Å². The van der Waals surface area contributed by atoms with Crippen LogP contribution < -0.4 is 5.73 Å². The molecule has 0 amide bonds. The van der Waals surface area contributed by atoms with Crippen molar-refractivity contribution in [1.82, 2.24) is 0 Å². The Kier molecular flexibility index (Phi) is 4.36. The predicted octanol–water partition coefficient (Wildman–Crippen LogP) is 2.24. The number of furan rings is 1. The van der Waals surface area contributed by atoms with Crippen molar-refractivity contribution in [1.29, 1.82) is 0 Å². The number of aryl methyl sites for hydroxylation is 1. The maximum absolute atomic E-state index is 10.1. The highest BCUT2D eigenvalue weighted by atomic mass is 16.4. The molecule has 1 rings (SSSR count). The van der Waals surface area contributed by atoms with Gasteiger partial charge < -0.3 is 15.3 Å². The van der Waals surface area contributed by atoms with E-state index in [1.807, 2.05) is 19.1 Å². The molecule has 15 heavy (non-hydrogen) atoms. The molecule has 3 N–H and O–H groups in total. The minimum atomic E-state index is -0.578. The summed E-state index contributed by atoms with van der Waals surface area (Å²) >= 11 is 0. The van der Waals surface area contributed by atoms with Crippen LogP contribution >= 0.6 is 0 Å². The molecule has 0 radical (unpaired) electrons. The monoisotopic (exact) mass is 211 g/mol. The summed E-state index contributed by atoms with van der Waals surface area (Å²) in [6, 6.07) is 3.69. The van der Waals surface area contributed by atoms with Crippen LogP contribution in [0.15, 0.2) is 16.5 Å². The lowest BCUT2D eigenvalue weighted by atomic mass is 9.91. The molecule has 0 saturated carbocycles. The van der Waals surface area contributed by atoms with E-state index < -0.39 is 6.10 Å². The fourth-order valence-electron chi connectivity index (χ4n) is 1.80. The van der Waals surface area contributed by atoms with E-state index in [1.54, 1.807) is 0 Å². The number of aliphatic hydroxyl groups excluding tert-OH is 1. The topological polar surface area (TPSA) is 59.4 Å². The Balaban J connectivity index is 2.68. The lowest BCUT2D eigenvalue weighted by Gasteiger charge is -2.21. The normalized spacial score (nSPS) is 15.6. The molecule has 0 aliphatic rings. The van der Waals surface area contributed by atoms with Gasteiger partial charge in [0.15, 0.2) is 0 Å². The predicted molar refractivity (Wildman–Crippen MR) is 60.4 cm³/mol.